The molecule has 0 aromatic heterocycles. The Balaban J connectivity index is 1.69. The van der Waals surface area contributed by atoms with Crippen LogP contribution in [0.25, 0.3) is 0 Å². The van der Waals surface area contributed by atoms with Crippen molar-refractivity contribution < 1.29 is 0 Å². The van der Waals surface area contributed by atoms with Gasteiger partial charge >= 0.3 is 0 Å². The van der Waals surface area contributed by atoms with Crippen molar-refractivity contribution in [3.05, 3.63) is 0 Å². The number of hydrogen-bond donors (Lipinski definition) is 1. The highest BCUT2D eigenvalue weighted by molar-refractivity contribution is 4.81. The lowest BCUT2D eigenvalue weighted by Gasteiger charge is -2.36. The number of hydrogen-bond acceptors (Lipinski definition) is 2. The first kappa shape index (κ1) is 15.3. The molecule has 3 unspecified atom stereocenters. The lowest BCUT2D eigenvalue weighted by molar-refractivity contribution is 0.159. The quantitative estimate of drug-likeness (QED) is 0.817. The van der Waals surface area contributed by atoms with Gasteiger partial charge in [-0.15, -0.1) is 0 Å². The normalized spacial score (nSPS) is 31.6. The van der Waals surface area contributed by atoms with Crippen LogP contribution in [0.3, 0.4) is 0 Å². The van der Waals surface area contributed by atoms with Gasteiger partial charge in [0.1, 0.15) is 0 Å². The third kappa shape index (κ3) is 4.75. The van der Waals surface area contributed by atoms with Crippen molar-refractivity contribution in [2.45, 2.75) is 77.8 Å². The van der Waals surface area contributed by atoms with Crippen molar-refractivity contribution in [1.29, 1.82) is 0 Å². The minimum atomic E-state index is 0.722. The van der Waals surface area contributed by atoms with E-state index < -0.39 is 0 Å². The Labute approximate surface area is 120 Å². The summed E-state index contributed by atoms with van der Waals surface area (Å²) >= 11 is 0. The molecule has 0 aromatic carbocycles. The standard InChI is InChI=1S/C17H34N2/c1-14(2)16-8-7-9-17(12-16)18-13-15(3)19-10-5-4-6-11-19/h14-18H,4-13H2,1-3H3. The lowest BCUT2D eigenvalue weighted by atomic mass is 9.79. The number of nitrogens with zero attached hydrogens (tertiary/aromatic N) is 1. The highest BCUT2D eigenvalue weighted by Gasteiger charge is 2.24. The molecule has 0 aromatic rings. The van der Waals surface area contributed by atoms with Crippen LogP contribution in [0.2, 0.25) is 0 Å². The van der Waals surface area contributed by atoms with Gasteiger partial charge in [0, 0.05) is 18.6 Å². The van der Waals surface area contributed by atoms with Crippen LogP contribution in [-0.4, -0.2) is 36.6 Å². The zero-order valence-electron chi connectivity index (χ0n) is 13.3. The van der Waals surface area contributed by atoms with Gasteiger partial charge in [-0.2, -0.15) is 0 Å². The van der Waals surface area contributed by atoms with Crippen molar-refractivity contribution >= 4 is 0 Å². The predicted octanol–water partition coefficient (Wildman–Crippen LogP) is 3.67. The summed E-state index contributed by atoms with van der Waals surface area (Å²) < 4.78 is 0. The van der Waals surface area contributed by atoms with E-state index in [-0.39, 0.29) is 0 Å². The van der Waals surface area contributed by atoms with Crippen LogP contribution < -0.4 is 5.32 Å². The van der Waals surface area contributed by atoms with E-state index in [1.165, 1.54) is 64.6 Å². The third-order valence-corrected chi connectivity index (χ3v) is 5.37. The Morgan fingerprint density at radius 2 is 1.74 bits per heavy atom. The average molecular weight is 266 g/mol. The molecule has 1 saturated heterocycles. The summed E-state index contributed by atoms with van der Waals surface area (Å²) in [5.41, 5.74) is 0. The topological polar surface area (TPSA) is 15.3 Å². The first-order valence-electron chi connectivity index (χ1n) is 8.64. The van der Waals surface area contributed by atoms with Gasteiger partial charge in [0.2, 0.25) is 0 Å². The van der Waals surface area contributed by atoms with E-state index in [9.17, 15) is 0 Å². The summed E-state index contributed by atoms with van der Waals surface area (Å²) in [6.07, 6.45) is 9.94. The van der Waals surface area contributed by atoms with E-state index >= 15 is 0 Å². The molecule has 0 radical (unpaired) electrons. The largest absolute Gasteiger partial charge is 0.312 e. The molecular weight excluding hydrogens is 232 g/mol. The predicted molar refractivity (Wildman–Crippen MR) is 83.5 cm³/mol. The molecule has 0 bridgehead atoms. The summed E-state index contributed by atoms with van der Waals surface area (Å²) in [6.45, 7) is 11.0. The van der Waals surface area contributed by atoms with Gasteiger partial charge < -0.3 is 5.32 Å². The summed E-state index contributed by atoms with van der Waals surface area (Å²) in [4.78, 5) is 2.68. The molecule has 2 nitrogen and oxygen atoms in total. The second kappa shape index (κ2) is 7.64. The molecule has 112 valence electrons. The van der Waals surface area contributed by atoms with E-state index in [0.717, 1.165) is 23.9 Å². The van der Waals surface area contributed by atoms with E-state index in [4.69, 9.17) is 0 Å². The molecule has 0 spiro atoms. The Morgan fingerprint density at radius 3 is 2.42 bits per heavy atom. The van der Waals surface area contributed by atoms with Gasteiger partial charge in [0.25, 0.3) is 0 Å². The molecule has 3 atom stereocenters. The highest BCUT2D eigenvalue weighted by atomic mass is 15.2. The van der Waals surface area contributed by atoms with E-state index in [1.54, 1.807) is 0 Å². The molecule has 19 heavy (non-hydrogen) atoms. The Bertz CT molecular complexity index is 246. The Kier molecular flexibility index (Phi) is 6.15. The highest BCUT2D eigenvalue weighted by Crippen LogP contribution is 2.29. The van der Waals surface area contributed by atoms with E-state index in [0.29, 0.717) is 0 Å². The van der Waals surface area contributed by atoms with Gasteiger partial charge in [0.15, 0.2) is 0 Å². The van der Waals surface area contributed by atoms with Gasteiger partial charge in [-0.3, -0.25) is 4.90 Å². The van der Waals surface area contributed by atoms with Crippen LogP contribution in [-0.2, 0) is 0 Å². The summed E-state index contributed by atoms with van der Waals surface area (Å²) in [5, 5.41) is 3.86. The first-order valence-corrected chi connectivity index (χ1v) is 8.64. The van der Waals surface area contributed by atoms with Crippen LogP contribution in [0.1, 0.15) is 65.7 Å². The lowest BCUT2D eigenvalue weighted by Crippen LogP contribution is -2.46. The number of nitrogens with one attached hydrogen (secondary N) is 1. The van der Waals surface area contributed by atoms with E-state index in [1.807, 2.05) is 0 Å². The molecule has 2 rings (SSSR count). The molecule has 2 aliphatic rings. The van der Waals surface area contributed by atoms with Crippen molar-refractivity contribution in [3.8, 4) is 0 Å². The van der Waals surface area contributed by atoms with Gasteiger partial charge in [-0.05, 0) is 57.5 Å². The average Bonchev–Trinajstić information content (AvgIpc) is 2.46. The minimum Gasteiger partial charge on any atom is -0.312 e. The van der Waals surface area contributed by atoms with Crippen molar-refractivity contribution in [2.75, 3.05) is 19.6 Å². The maximum Gasteiger partial charge on any atom is 0.0192 e. The molecule has 1 heterocycles. The Hall–Kier alpha value is -0.0800. The monoisotopic (exact) mass is 266 g/mol. The number of piperidine rings is 1. The van der Waals surface area contributed by atoms with Crippen LogP contribution in [0.15, 0.2) is 0 Å². The molecule has 1 saturated carbocycles. The maximum atomic E-state index is 3.86. The van der Waals surface area contributed by atoms with Crippen LogP contribution >= 0.6 is 0 Å². The number of likely N-dealkylation sites (tertiary alicyclic amines) is 1. The fraction of sp³-hybridized carbons (Fsp3) is 1.00. The summed E-state index contributed by atoms with van der Waals surface area (Å²) in [6, 6.07) is 1.51. The van der Waals surface area contributed by atoms with Crippen LogP contribution in [0, 0.1) is 11.8 Å². The minimum absolute atomic E-state index is 0.722. The Morgan fingerprint density at radius 1 is 1.00 bits per heavy atom. The van der Waals surface area contributed by atoms with Crippen LogP contribution in [0.4, 0.5) is 0 Å². The first-order chi connectivity index (χ1) is 9.16. The SMILES string of the molecule is CC(C)C1CCCC(NCC(C)N2CCCCC2)C1. The van der Waals surface area contributed by atoms with Crippen molar-refractivity contribution in [2.24, 2.45) is 11.8 Å². The molecule has 1 aliphatic carbocycles. The zero-order valence-corrected chi connectivity index (χ0v) is 13.3. The molecule has 1 aliphatic heterocycles. The second-order valence-electron chi connectivity index (χ2n) is 7.22. The van der Waals surface area contributed by atoms with Gasteiger partial charge in [0.05, 0.1) is 0 Å². The van der Waals surface area contributed by atoms with Gasteiger partial charge in [-0.1, -0.05) is 33.1 Å². The van der Waals surface area contributed by atoms with Gasteiger partial charge in [-0.25, -0.2) is 0 Å². The third-order valence-electron chi connectivity index (χ3n) is 5.37. The molecule has 0 amide bonds. The maximum absolute atomic E-state index is 3.86. The smallest absolute Gasteiger partial charge is 0.0192 e. The van der Waals surface area contributed by atoms with Crippen LogP contribution in [0.5, 0.6) is 0 Å². The fourth-order valence-electron chi connectivity index (χ4n) is 3.84. The van der Waals surface area contributed by atoms with Crippen molar-refractivity contribution in [1.82, 2.24) is 10.2 Å². The molecule has 2 heteroatoms. The fourth-order valence-corrected chi connectivity index (χ4v) is 3.84. The molecule has 2 fully saturated rings. The molecule has 1 N–H and O–H groups in total. The summed E-state index contributed by atoms with van der Waals surface area (Å²) in [5.74, 6) is 1.82. The van der Waals surface area contributed by atoms with E-state index in [2.05, 4.69) is 31.0 Å². The number of rotatable bonds is 5. The second-order valence-corrected chi connectivity index (χ2v) is 7.22. The zero-order chi connectivity index (χ0) is 13.7. The summed E-state index contributed by atoms with van der Waals surface area (Å²) in [7, 11) is 0. The molecular formula is C17H34N2. The van der Waals surface area contributed by atoms with Crippen molar-refractivity contribution in [3.63, 3.8) is 0 Å².